The van der Waals surface area contributed by atoms with Crippen molar-refractivity contribution < 1.29 is 13.2 Å². The zero-order valence-electron chi connectivity index (χ0n) is 16.0. The van der Waals surface area contributed by atoms with E-state index in [0.717, 1.165) is 10.3 Å². The van der Waals surface area contributed by atoms with Gasteiger partial charge in [0.1, 0.15) is 5.52 Å². The average Bonchev–Trinajstić information content (AvgIpc) is 3.14. The second-order valence-electron chi connectivity index (χ2n) is 6.68. The Hall–Kier alpha value is -2.65. The molecule has 0 aliphatic carbocycles. The molecule has 3 aromatic carbocycles. The summed E-state index contributed by atoms with van der Waals surface area (Å²) in [4.78, 5) is 17.0. The minimum absolute atomic E-state index is 0.162. The molecule has 2 N–H and O–H groups in total. The number of benzene rings is 3. The van der Waals surface area contributed by atoms with Gasteiger partial charge in [0.15, 0.2) is 5.13 Å². The van der Waals surface area contributed by atoms with E-state index < -0.39 is 10.0 Å². The number of halogens is 2. The molecule has 0 saturated heterocycles. The molecule has 1 heterocycles. The third-order valence-corrected chi connectivity index (χ3v) is 7.53. The highest BCUT2D eigenvalue weighted by molar-refractivity contribution is 7.92. The Morgan fingerprint density at radius 3 is 2.32 bits per heavy atom. The van der Waals surface area contributed by atoms with E-state index in [1.807, 2.05) is 6.92 Å². The number of hydrogen-bond acceptors (Lipinski definition) is 5. The highest BCUT2D eigenvalue weighted by Crippen LogP contribution is 2.35. The summed E-state index contributed by atoms with van der Waals surface area (Å²) < 4.78 is 28.3. The summed E-state index contributed by atoms with van der Waals surface area (Å²) in [6.45, 7) is 1.88. The molecule has 0 aliphatic heterocycles. The number of anilines is 2. The second-order valence-corrected chi connectivity index (χ2v) is 10.2. The second kappa shape index (κ2) is 8.47. The highest BCUT2D eigenvalue weighted by atomic mass is 35.5. The van der Waals surface area contributed by atoms with Crippen molar-refractivity contribution in [1.29, 1.82) is 0 Å². The van der Waals surface area contributed by atoms with Crippen LogP contribution in [-0.4, -0.2) is 19.3 Å². The van der Waals surface area contributed by atoms with Crippen molar-refractivity contribution in [2.24, 2.45) is 0 Å². The van der Waals surface area contributed by atoms with Crippen LogP contribution in [0.2, 0.25) is 10.0 Å². The molecule has 0 atom stereocenters. The van der Waals surface area contributed by atoms with Crippen LogP contribution in [0.25, 0.3) is 10.2 Å². The predicted octanol–water partition coefficient (Wildman–Crippen LogP) is 5.96. The Morgan fingerprint density at radius 1 is 0.968 bits per heavy atom. The number of sulfonamides is 1. The van der Waals surface area contributed by atoms with Crippen LogP contribution in [0.5, 0.6) is 0 Å². The van der Waals surface area contributed by atoms with Crippen LogP contribution in [0, 0.1) is 6.92 Å². The molecule has 31 heavy (non-hydrogen) atoms. The number of nitrogens with one attached hydrogen (secondary N) is 2. The first-order valence-electron chi connectivity index (χ1n) is 8.98. The molecule has 6 nitrogen and oxygen atoms in total. The van der Waals surface area contributed by atoms with Crippen LogP contribution in [-0.2, 0) is 10.0 Å². The summed E-state index contributed by atoms with van der Waals surface area (Å²) in [5.41, 5.74) is 2.18. The number of carbonyl (C=O) groups excluding carboxylic acids is 1. The monoisotopic (exact) mass is 491 g/mol. The molecule has 0 spiro atoms. The molecule has 0 fully saturated rings. The summed E-state index contributed by atoms with van der Waals surface area (Å²) in [6.07, 6.45) is 0. The van der Waals surface area contributed by atoms with E-state index in [1.165, 1.54) is 47.7 Å². The van der Waals surface area contributed by atoms with Crippen LogP contribution in [0.4, 0.5) is 10.8 Å². The van der Waals surface area contributed by atoms with Gasteiger partial charge in [-0.2, -0.15) is 0 Å². The fourth-order valence-electron chi connectivity index (χ4n) is 2.78. The molecule has 1 amide bonds. The van der Waals surface area contributed by atoms with Gasteiger partial charge in [-0.25, -0.2) is 13.4 Å². The van der Waals surface area contributed by atoms with Crippen molar-refractivity contribution in [2.75, 3.05) is 10.0 Å². The number of rotatable bonds is 5. The van der Waals surface area contributed by atoms with E-state index in [9.17, 15) is 13.2 Å². The topological polar surface area (TPSA) is 88.2 Å². The fraction of sp³-hybridized carbons (Fsp3) is 0.0476. The normalized spacial score (nSPS) is 11.5. The van der Waals surface area contributed by atoms with Gasteiger partial charge in [-0.1, -0.05) is 52.2 Å². The van der Waals surface area contributed by atoms with E-state index >= 15 is 0 Å². The largest absolute Gasteiger partial charge is 0.298 e. The summed E-state index contributed by atoms with van der Waals surface area (Å²) in [5, 5.41) is 3.83. The number of hydrogen-bond donors (Lipinski definition) is 2. The van der Waals surface area contributed by atoms with Crippen molar-refractivity contribution in [2.45, 2.75) is 11.8 Å². The van der Waals surface area contributed by atoms with Gasteiger partial charge >= 0.3 is 0 Å². The number of carbonyl (C=O) groups is 1. The van der Waals surface area contributed by atoms with E-state index in [2.05, 4.69) is 15.0 Å². The van der Waals surface area contributed by atoms with Crippen LogP contribution < -0.4 is 10.0 Å². The van der Waals surface area contributed by atoms with Gasteiger partial charge in [0, 0.05) is 11.3 Å². The van der Waals surface area contributed by atoms with Gasteiger partial charge in [-0.3, -0.25) is 14.8 Å². The number of aromatic nitrogens is 1. The lowest BCUT2D eigenvalue weighted by molar-refractivity contribution is 0.102. The van der Waals surface area contributed by atoms with Crippen LogP contribution >= 0.6 is 34.5 Å². The third kappa shape index (κ3) is 4.67. The first-order valence-corrected chi connectivity index (χ1v) is 12.0. The Kier molecular flexibility index (Phi) is 5.90. The molecule has 0 aliphatic rings. The maximum absolute atomic E-state index is 12.6. The van der Waals surface area contributed by atoms with E-state index in [0.29, 0.717) is 31.9 Å². The lowest BCUT2D eigenvalue weighted by atomic mass is 10.2. The third-order valence-electron chi connectivity index (χ3n) is 4.40. The van der Waals surface area contributed by atoms with E-state index in [-0.39, 0.29) is 10.8 Å². The first kappa shape index (κ1) is 21.6. The molecule has 4 rings (SSSR count). The smallest absolute Gasteiger partial charge is 0.261 e. The van der Waals surface area contributed by atoms with Crippen molar-refractivity contribution >= 4 is 71.5 Å². The minimum Gasteiger partial charge on any atom is -0.298 e. The molecule has 0 bridgehead atoms. The summed E-state index contributed by atoms with van der Waals surface area (Å²) in [6, 6.07) is 16.1. The van der Waals surface area contributed by atoms with Crippen molar-refractivity contribution in [3.05, 3.63) is 81.8 Å². The number of aryl methyl sites for hydroxylation is 1. The van der Waals surface area contributed by atoms with Gasteiger partial charge in [-0.15, -0.1) is 0 Å². The SMILES string of the molecule is Cc1ccc(S(=O)(=O)Nc2ccc(C(=O)Nc3nc4c(Cl)c(Cl)ccc4s3)cc2)cc1. The van der Waals surface area contributed by atoms with E-state index in [1.54, 1.807) is 24.3 Å². The van der Waals surface area contributed by atoms with Gasteiger partial charge in [0.05, 0.1) is 19.6 Å². The lowest BCUT2D eigenvalue weighted by Gasteiger charge is -2.09. The molecular formula is C21H15Cl2N3O3S2. The quantitative estimate of drug-likeness (QED) is 0.360. The summed E-state index contributed by atoms with van der Waals surface area (Å²) in [7, 11) is -3.72. The Balaban J connectivity index is 1.48. The number of fused-ring (bicyclic) bond motifs is 1. The zero-order chi connectivity index (χ0) is 22.2. The molecule has 0 radical (unpaired) electrons. The lowest BCUT2D eigenvalue weighted by Crippen LogP contribution is -2.14. The standard InChI is InChI=1S/C21H15Cl2N3O3S2/c1-12-2-8-15(9-3-12)31(28,29)26-14-6-4-13(5-7-14)20(27)25-21-24-19-17(30-21)11-10-16(22)18(19)23/h2-11,26H,1H3,(H,24,25,27). The molecule has 0 unspecified atom stereocenters. The Bertz CT molecular complexity index is 1380. The van der Waals surface area contributed by atoms with Crippen LogP contribution in [0.1, 0.15) is 15.9 Å². The molecule has 4 aromatic rings. The molecule has 158 valence electrons. The predicted molar refractivity (Wildman–Crippen MR) is 126 cm³/mol. The van der Waals surface area contributed by atoms with Crippen molar-refractivity contribution in [3.8, 4) is 0 Å². The molecule has 1 aromatic heterocycles. The van der Waals surface area contributed by atoms with Crippen molar-refractivity contribution in [3.63, 3.8) is 0 Å². The summed E-state index contributed by atoms with van der Waals surface area (Å²) >= 11 is 13.4. The first-order chi connectivity index (χ1) is 14.7. The van der Waals surface area contributed by atoms with Gasteiger partial charge in [0.2, 0.25) is 0 Å². The molecular weight excluding hydrogens is 477 g/mol. The van der Waals surface area contributed by atoms with Crippen LogP contribution in [0.15, 0.2) is 65.6 Å². The highest BCUT2D eigenvalue weighted by Gasteiger charge is 2.16. The Labute approximate surface area is 192 Å². The minimum atomic E-state index is -3.72. The zero-order valence-corrected chi connectivity index (χ0v) is 19.2. The van der Waals surface area contributed by atoms with Gasteiger partial charge in [-0.05, 0) is 55.5 Å². The van der Waals surface area contributed by atoms with Crippen LogP contribution in [0.3, 0.4) is 0 Å². The maximum Gasteiger partial charge on any atom is 0.261 e. The van der Waals surface area contributed by atoms with Gasteiger partial charge in [0.25, 0.3) is 15.9 Å². The fourth-order valence-corrected chi connectivity index (χ4v) is 5.12. The molecule has 10 heteroatoms. The number of thiazole rings is 1. The van der Waals surface area contributed by atoms with E-state index in [4.69, 9.17) is 23.2 Å². The number of nitrogens with zero attached hydrogens (tertiary/aromatic N) is 1. The summed E-state index contributed by atoms with van der Waals surface area (Å²) in [5.74, 6) is -0.380. The van der Waals surface area contributed by atoms with Crippen molar-refractivity contribution in [1.82, 2.24) is 4.98 Å². The maximum atomic E-state index is 12.6. The average molecular weight is 492 g/mol. The van der Waals surface area contributed by atoms with Gasteiger partial charge < -0.3 is 0 Å². The number of amides is 1. The molecule has 0 saturated carbocycles. The Morgan fingerprint density at radius 2 is 1.65 bits per heavy atom.